The van der Waals surface area contributed by atoms with Gasteiger partial charge in [-0.25, -0.2) is 0 Å². The second kappa shape index (κ2) is 6.73. The summed E-state index contributed by atoms with van der Waals surface area (Å²) in [6, 6.07) is 2.28. The molecule has 0 aromatic carbocycles. The summed E-state index contributed by atoms with van der Waals surface area (Å²) in [4.78, 5) is 14.9. The predicted molar refractivity (Wildman–Crippen MR) is 77.3 cm³/mol. The van der Waals surface area contributed by atoms with E-state index in [1.807, 2.05) is 23.4 Å². The predicted octanol–water partition coefficient (Wildman–Crippen LogP) is 2.76. The Morgan fingerprint density at radius 1 is 1.53 bits per heavy atom. The number of thiophene rings is 1. The Labute approximate surface area is 120 Å². The maximum Gasteiger partial charge on any atom is 0.263 e. The van der Waals surface area contributed by atoms with E-state index >= 15 is 0 Å². The summed E-state index contributed by atoms with van der Waals surface area (Å²) < 4.78 is 0.986. The fraction of sp³-hybridized carbons (Fsp3) is 0.545. The maximum atomic E-state index is 12.2. The number of halogens is 2. The number of carbonyl (C=O) groups excluding carboxylic acids is 1. The van der Waals surface area contributed by atoms with E-state index in [-0.39, 0.29) is 18.3 Å². The molecule has 6 heteroatoms. The molecule has 1 aliphatic heterocycles. The van der Waals surface area contributed by atoms with Gasteiger partial charge in [-0.15, -0.1) is 23.7 Å². The molecule has 0 aliphatic carbocycles. The standard InChI is InChI=1S/C11H15BrN2OS.ClH/c1-14(9-2-4-13-5-3-9)11(15)10-6-8(12)7-16-10;/h6-7,9,13H,2-5H2,1H3;1H. The zero-order valence-corrected chi connectivity index (χ0v) is 12.8. The molecular formula is C11H16BrClN2OS. The van der Waals surface area contributed by atoms with E-state index in [1.54, 1.807) is 0 Å². The zero-order chi connectivity index (χ0) is 11.5. The Morgan fingerprint density at radius 3 is 2.71 bits per heavy atom. The van der Waals surface area contributed by atoms with Crippen molar-refractivity contribution in [2.24, 2.45) is 0 Å². The lowest BCUT2D eigenvalue weighted by molar-refractivity contribution is 0.0708. The molecule has 1 saturated heterocycles. The monoisotopic (exact) mass is 338 g/mol. The number of rotatable bonds is 2. The number of nitrogens with one attached hydrogen (secondary N) is 1. The average molecular weight is 340 g/mol. The molecule has 0 radical (unpaired) electrons. The first kappa shape index (κ1) is 15.0. The van der Waals surface area contributed by atoms with Gasteiger partial charge in [-0.1, -0.05) is 0 Å². The molecule has 0 saturated carbocycles. The molecule has 17 heavy (non-hydrogen) atoms. The summed E-state index contributed by atoms with van der Waals surface area (Å²) in [7, 11) is 1.91. The first-order valence-electron chi connectivity index (χ1n) is 5.40. The Bertz CT molecular complexity index is 379. The number of hydrogen-bond donors (Lipinski definition) is 1. The third-order valence-corrected chi connectivity index (χ3v) is 4.63. The molecule has 0 unspecified atom stereocenters. The van der Waals surface area contributed by atoms with Crippen LogP contribution in [0.1, 0.15) is 22.5 Å². The summed E-state index contributed by atoms with van der Waals surface area (Å²) in [5.41, 5.74) is 0. The second-order valence-corrected chi connectivity index (χ2v) is 5.85. The molecule has 0 spiro atoms. The number of carbonyl (C=O) groups is 1. The van der Waals surface area contributed by atoms with E-state index in [4.69, 9.17) is 0 Å². The number of nitrogens with zero attached hydrogens (tertiary/aromatic N) is 1. The zero-order valence-electron chi connectivity index (χ0n) is 9.61. The Morgan fingerprint density at radius 2 is 2.18 bits per heavy atom. The van der Waals surface area contributed by atoms with Crippen LogP contribution in [0.5, 0.6) is 0 Å². The lowest BCUT2D eigenvalue weighted by atomic mass is 10.1. The summed E-state index contributed by atoms with van der Waals surface area (Å²) in [6.07, 6.45) is 2.10. The van der Waals surface area contributed by atoms with Gasteiger partial charge in [-0.3, -0.25) is 4.79 Å². The summed E-state index contributed by atoms with van der Waals surface area (Å²) in [6.45, 7) is 2.02. The molecule has 1 fully saturated rings. The minimum Gasteiger partial charge on any atom is -0.338 e. The van der Waals surface area contributed by atoms with Crippen LogP contribution in [-0.4, -0.2) is 37.0 Å². The van der Waals surface area contributed by atoms with Crippen molar-refractivity contribution < 1.29 is 4.79 Å². The van der Waals surface area contributed by atoms with Crippen molar-refractivity contribution in [1.82, 2.24) is 10.2 Å². The van der Waals surface area contributed by atoms with E-state index in [0.717, 1.165) is 35.3 Å². The molecule has 1 aromatic heterocycles. The summed E-state index contributed by atoms with van der Waals surface area (Å²) >= 11 is 4.87. The van der Waals surface area contributed by atoms with Crippen molar-refractivity contribution in [2.75, 3.05) is 20.1 Å². The molecule has 0 atom stereocenters. The molecule has 1 aliphatic rings. The highest BCUT2D eigenvalue weighted by molar-refractivity contribution is 9.10. The highest BCUT2D eigenvalue weighted by Crippen LogP contribution is 2.22. The van der Waals surface area contributed by atoms with E-state index in [0.29, 0.717) is 6.04 Å². The van der Waals surface area contributed by atoms with Crippen molar-refractivity contribution >= 4 is 45.6 Å². The van der Waals surface area contributed by atoms with Gasteiger partial charge >= 0.3 is 0 Å². The third-order valence-electron chi connectivity index (χ3n) is 2.95. The summed E-state index contributed by atoms with van der Waals surface area (Å²) in [5, 5.41) is 5.26. The van der Waals surface area contributed by atoms with Crippen LogP contribution < -0.4 is 5.32 Å². The van der Waals surface area contributed by atoms with E-state index in [2.05, 4.69) is 21.2 Å². The van der Waals surface area contributed by atoms with Gasteiger partial charge in [0.2, 0.25) is 0 Å². The minimum atomic E-state index is 0. The number of amides is 1. The van der Waals surface area contributed by atoms with Gasteiger partial charge in [-0.2, -0.15) is 0 Å². The largest absolute Gasteiger partial charge is 0.338 e. The lowest BCUT2D eigenvalue weighted by Crippen LogP contribution is -2.43. The van der Waals surface area contributed by atoms with Crippen LogP contribution in [0.25, 0.3) is 0 Å². The van der Waals surface area contributed by atoms with Gasteiger partial charge in [0.05, 0.1) is 4.88 Å². The first-order chi connectivity index (χ1) is 7.68. The van der Waals surface area contributed by atoms with Gasteiger partial charge in [0.15, 0.2) is 0 Å². The van der Waals surface area contributed by atoms with Crippen LogP contribution in [0, 0.1) is 0 Å². The third kappa shape index (κ3) is 3.68. The highest BCUT2D eigenvalue weighted by Gasteiger charge is 2.23. The topological polar surface area (TPSA) is 32.3 Å². The molecular weight excluding hydrogens is 324 g/mol. The van der Waals surface area contributed by atoms with Gasteiger partial charge in [0.25, 0.3) is 5.91 Å². The van der Waals surface area contributed by atoms with Crippen LogP contribution in [-0.2, 0) is 0 Å². The molecule has 2 heterocycles. The average Bonchev–Trinajstić information content (AvgIpc) is 2.75. The molecule has 1 amide bonds. The molecule has 3 nitrogen and oxygen atoms in total. The van der Waals surface area contributed by atoms with E-state index < -0.39 is 0 Å². The normalized spacial score (nSPS) is 16.4. The van der Waals surface area contributed by atoms with Crippen molar-refractivity contribution in [2.45, 2.75) is 18.9 Å². The van der Waals surface area contributed by atoms with Crippen LogP contribution in [0.2, 0.25) is 0 Å². The van der Waals surface area contributed by atoms with Crippen LogP contribution in [0.15, 0.2) is 15.9 Å². The smallest absolute Gasteiger partial charge is 0.263 e. The molecule has 96 valence electrons. The van der Waals surface area contributed by atoms with Crippen molar-refractivity contribution in [3.63, 3.8) is 0 Å². The SMILES string of the molecule is CN(C(=O)c1cc(Br)cs1)C1CCNCC1.Cl. The number of hydrogen-bond acceptors (Lipinski definition) is 3. The quantitative estimate of drug-likeness (QED) is 0.898. The van der Waals surface area contributed by atoms with Gasteiger partial charge < -0.3 is 10.2 Å². The van der Waals surface area contributed by atoms with Crippen LogP contribution in [0.4, 0.5) is 0 Å². The Hall–Kier alpha value is -0.100. The van der Waals surface area contributed by atoms with Crippen molar-refractivity contribution in [3.05, 3.63) is 20.8 Å². The fourth-order valence-corrected chi connectivity index (χ4v) is 3.37. The van der Waals surface area contributed by atoms with Crippen LogP contribution >= 0.6 is 39.7 Å². The number of piperidine rings is 1. The Kier molecular flexibility index (Phi) is 5.92. The van der Waals surface area contributed by atoms with Crippen molar-refractivity contribution in [3.8, 4) is 0 Å². The van der Waals surface area contributed by atoms with Gasteiger partial charge in [-0.05, 0) is 47.9 Å². The van der Waals surface area contributed by atoms with Crippen molar-refractivity contribution in [1.29, 1.82) is 0 Å². The first-order valence-corrected chi connectivity index (χ1v) is 7.07. The molecule has 1 aromatic rings. The molecule has 0 bridgehead atoms. The van der Waals surface area contributed by atoms with Crippen LogP contribution in [0.3, 0.4) is 0 Å². The second-order valence-electron chi connectivity index (χ2n) is 4.03. The molecule has 2 rings (SSSR count). The van der Waals surface area contributed by atoms with Gasteiger partial charge in [0.1, 0.15) is 0 Å². The van der Waals surface area contributed by atoms with E-state index in [9.17, 15) is 4.79 Å². The Balaban J connectivity index is 0.00000144. The molecule has 1 N–H and O–H groups in total. The minimum absolute atomic E-state index is 0. The van der Waals surface area contributed by atoms with E-state index in [1.165, 1.54) is 11.3 Å². The highest BCUT2D eigenvalue weighted by atomic mass is 79.9. The lowest BCUT2D eigenvalue weighted by Gasteiger charge is -2.31. The summed E-state index contributed by atoms with van der Waals surface area (Å²) in [5.74, 6) is 0.141. The fourth-order valence-electron chi connectivity index (χ4n) is 1.96. The maximum absolute atomic E-state index is 12.2. The van der Waals surface area contributed by atoms with Gasteiger partial charge in [0, 0.05) is 22.9 Å².